The van der Waals surface area contributed by atoms with Crippen molar-refractivity contribution in [3.63, 3.8) is 0 Å². The fraction of sp³-hybridized carbons (Fsp3) is 0.864. The zero-order chi connectivity index (χ0) is 16.3. The van der Waals surface area contributed by atoms with Gasteiger partial charge in [0, 0.05) is 6.08 Å². The summed E-state index contributed by atoms with van der Waals surface area (Å²) < 4.78 is 0. The zero-order valence-corrected chi connectivity index (χ0v) is 15.3. The van der Waals surface area contributed by atoms with E-state index in [1.807, 2.05) is 0 Å². The molecule has 0 heterocycles. The average Bonchev–Trinajstić information content (AvgIpc) is 2.61. The number of hydrogen-bond donors (Lipinski definition) is 0. The summed E-state index contributed by atoms with van der Waals surface area (Å²) in [4.78, 5) is 0. The monoisotopic (exact) mass is 315 g/mol. The van der Waals surface area contributed by atoms with E-state index < -0.39 is 0 Å². The number of rotatable bonds is 8. The number of allylic oxidation sites excluding steroid dienone is 2. The van der Waals surface area contributed by atoms with E-state index in [0.29, 0.717) is 5.92 Å². The molecule has 0 N–H and O–H groups in total. The maximum Gasteiger partial charge on any atom is 0.0908 e. The van der Waals surface area contributed by atoms with E-state index in [1.54, 1.807) is 6.08 Å². The Hall–Kier alpha value is -0.770. The molecule has 0 amide bonds. The van der Waals surface area contributed by atoms with Gasteiger partial charge in [-0.25, -0.2) is 0 Å². The lowest BCUT2D eigenvalue weighted by Crippen LogP contribution is -2.25. The second-order valence-electron chi connectivity index (χ2n) is 8.15. The van der Waals surface area contributed by atoms with Crippen molar-refractivity contribution in [2.75, 3.05) is 0 Å². The predicted molar refractivity (Wildman–Crippen MR) is 99.0 cm³/mol. The van der Waals surface area contributed by atoms with Gasteiger partial charge in [0.05, 0.1) is 6.07 Å². The summed E-state index contributed by atoms with van der Waals surface area (Å²) in [5, 5.41) is 8.64. The van der Waals surface area contributed by atoms with Gasteiger partial charge in [-0.3, -0.25) is 0 Å². The predicted octanol–water partition coefficient (Wildman–Crippen LogP) is 7.04. The number of nitriles is 1. The Kier molecular flexibility index (Phi) is 8.80. The molecule has 2 saturated carbocycles. The van der Waals surface area contributed by atoms with Crippen molar-refractivity contribution in [3.05, 3.63) is 12.2 Å². The molecule has 130 valence electrons. The highest BCUT2D eigenvalue weighted by Gasteiger charge is 2.30. The third-order valence-corrected chi connectivity index (χ3v) is 6.53. The van der Waals surface area contributed by atoms with E-state index in [1.165, 1.54) is 89.9 Å². The molecule has 0 atom stereocenters. The van der Waals surface area contributed by atoms with E-state index in [4.69, 9.17) is 5.26 Å². The second kappa shape index (κ2) is 10.9. The highest BCUT2D eigenvalue weighted by atomic mass is 14.4. The first-order valence-electron chi connectivity index (χ1n) is 10.4. The molecule has 1 heteroatoms. The van der Waals surface area contributed by atoms with E-state index in [2.05, 4.69) is 19.1 Å². The Morgan fingerprint density at radius 2 is 1.43 bits per heavy atom. The molecule has 23 heavy (non-hydrogen) atoms. The van der Waals surface area contributed by atoms with E-state index >= 15 is 0 Å². The summed E-state index contributed by atoms with van der Waals surface area (Å²) in [5.74, 6) is 3.74. The topological polar surface area (TPSA) is 23.8 Å². The van der Waals surface area contributed by atoms with Gasteiger partial charge in [0.25, 0.3) is 0 Å². The highest BCUT2D eigenvalue weighted by Crippen LogP contribution is 2.42. The van der Waals surface area contributed by atoms with Gasteiger partial charge < -0.3 is 0 Å². The van der Waals surface area contributed by atoms with Crippen LogP contribution in [0.5, 0.6) is 0 Å². The molecule has 0 saturated heterocycles. The minimum Gasteiger partial charge on any atom is -0.193 e. The third kappa shape index (κ3) is 6.70. The Morgan fingerprint density at radius 1 is 0.826 bits per heavy atom. The first-order chi connectivity index (χ1) is 11.3. The molecule has 0 aliphatic heterocycles. The normalized spacial score (nSPS) is 32.0. The molecule has 2 fully saturated rings. The Bertz CT molecular complexity index is 362. The Balaban J connectivity index is 1.58. The maximum atomic E-state index is 8.64. The lowest BCUT2D eigenvalue weighted by atomic mass is 9.68. The molecule has 0 aromatic heterocycles. The minimum atomic E-state index is 0.686. The van der Waals surface area contributed by atoms with E-state index in [0.717, 1.165) is 17.8 Å². The van der Waals surface area contributed by atoms with Gasteiger partial charge in [0.1, 0.15) is 0 Å². The maximum absolute atomic E-state index is 8.64. The second-order valence-corrected chi connectivity index (χ2v) is 8.15. The van der Waals surface area contributed by atoms with Crippen LogP contribution in [-0.4, -0.2) is 0 Å². The van der Waals surface area contributed by atoms with Crippen molar-refractivity contribution in [1.29, 1.82) is 5.26 Å². The van der Waals surface area contributed by atoms with Crippen molar-refractivity contribution in [2.24, 2.45) is 23.7 Å². The van der Waals surface area contributed by atoms with Gasteiger partial charge in [0.2, 0.25) is 0 Å². The van der Waals surface area contributed by atoms with Gasteiger partial charge in [-0.15, -0.1) is 0 Å². The van der Waals surface area contributed by atoms with Crippen molar-refractivity contribution in [2.45, 2.75) is 96.8 Å². The summed E-state index contributed by atoms with van der Waals surface area (Å²) in [7, 11) is 0. The molecule has 0 aromatic carbocycles. The molecule has 0 unspecified atom stereocenters. The van der Waals surface area contributed by atoms with Crippen LogP contribution < -0.4 is 0 Å². The number of unbranched alkanes of at least 4 members (excludes halogenated alkanes) is 4. The van der Waals surface area contributed by atoms with Crippen LogP contribution in [0.25, 0.3) is 0 Å². The van der Waals surface area contributed by atoms with Crippen LogP contribution in [0.2, 0.25) is 0 Å². The molecule has 1 nitrogen and oxygen atoms in total. The first kappa shape index (κ1) is 18.6. The van der Waals surface area contributed by atoms with Crippen LogP contribution in [-0.2, 0) is 0 Å². The molecule has 0 spiro atoms. The molecule has 0 radical (unpaired) electrons. The molecule has 2 aliphatic carbocycles. The smallest absolute Gasteiger partial charge is 0.0908 e. The largest absolute Gasteiger partial charge is 0.193 e. The highest BCUT2D eigenvalue weighted by molar-refractivity contribution is 5.04. The summed E-state index contributed by atoms with van der Waals surface area (Å²) in [6, 6.07) is 2.14. The summed E-state index contributed by atoms with van der Waals surface area (Å²) >= 11 is 0. The van der Waals surface area contributed by atoms with Gasteiger partial charge in [0.15, 0.2) is 0 Å². The summed E-state index contributed by atoms with van der Waals surface area (Å²) in [6.07, 6.45) is 24.0. The Labute approximate surface area is 144 Å². The van der Waals surface area contributed by atoms with Crippen LogP contribution in [0, 0.1) is 35.0 Å². The Morgan fingerprint density at radius 3 is 2.04 bits per heavy atom. The SMILES string of the molecule is CCCCCCC[C@H]1CC[C@H]([C@H]2CC[C@H](C=CC#N)CC2)CC1. The van der Waals surface area contributed by atoms with E-state index in [-0.39, 0.29) is 0 Å². The van der Waals surface area contributed by atoms with Crippen LogP contribution in [0.4, 0.5) is 0 Å². The van der Waals surface area contributed by atoms with Gasteiger partial charge in [-0.2, -0.15) is 5.26 Å². The molecular formula is C22H37N. The minimum absolute atomic E-state index is 0.686. The fourth-order valence-corrected chi connectivity index (χ4v) is 4.97. The van der Waals surface area contributed by atoms with Crippen LogP contribution in [0.15, 0.2) is 12.2 Å². The van der Waals surface area contributed by atoms with Crippen molar-refractivity contribution in [1.82, 2.24) is 0 Å². The third-order valence-electron chi connectivity index (χ3n) is 6.53. The van der Waals surface area contributed by atoms with Crippen LogP contribution in [0.1, 0.15) is 96.8 Å². The summed E-state index contributed by atoms with van der Waals surface area (Å²) in [6.45, 7) is 2.30. The fourth-order valence-electron chi connectivity index (χ4n) is 4.97. The van der Waals surface area contributed by atoms with Gasteiger partial charge in [-0.05, 0) is 62.2 Å². The lowest BCUT2D eigenvalue weighted by molar-refractivity contribution is 0.151. The molecule has 0 aromatic rings. The molecule has 2 rings (SSSR count). The molecule has 0 bridgehead atoms. The summed E-state index contributed by atoms with van der Waals surface area (Å²) in [5.41, 5.74) is 0. The molecule has 2 aliphatic rings. The van der Waals surface area contributed by atoms with Crippen LogP contribution in [0.3, 0.4) is 0 Å². The van der Waals surface area contributed by atoms with Crippen molar-refractivity contribution in [3.8, 4) is 6.07 Å². The van der Waals surface area contributed by atoms with Crippen molar-refractivity contribution >= 4 is 0 Å². The van der Waals surface area contributed by atoms with Gasteiger partial charge in [-0.1, -0.05) is 64.4 Å². The standard InChI is InChI=1S/C22H37N/c1-2-3-4-5-6-8-19-10-14-21(15-11-19)22-16-12-20(13-17-22)9-7-18-23/h7,9,19-22H,2-6,8,10-17H2,1H3/t19-,20-,21-,22-. The zero-order valence-electron chi connectivity index (χ0n) is 15.3. The van der Waals surface area contributed by atoms with Crippen LogP contribution >= 0.6 is 0 Å². The number of nitrogens with zero attached hydrogens (tertiary/aromatic N) is 1. The molecular weight excluding hydrogens is 278 g/mol. The van der Waals surface area contributed by atoms with E-state index in [9.17, 15) is 0 Å². The average molecular weight is 316 g/mol. The quantitative estimate of drug-likeness (QED) is 0.348. The number of hydrogen-bond acceptors (Lipinski definition) is 1. The first-order valence-corrected chi connectivity index (χ1v) is 10.4. The van der Waals surface area contributed by atoms with Gasteiger partial charge >= 0.3 is 0 Å². The lowest BCUT2D eigenvalue weighted by Gasteiger charge is -2.37. The van der Waals surface area contributed by atoms with Crippen molar-refractivity contribution < 1.29 is 0 Å².